The quantitative estimate of drug-likeness (QED) is 0.804. The molecule has 0 spiro atoms. The van der Waals surface area contributed by atoms with Gasteiger partial charge in [0.15, 0.2) is 6.61 Å². The van der Waals surface area contributed by atoms with E-state index in [-0.39, 0.29) is 18.1 Å². The van der Waals surface area contributed by atoms with Gasteiger partial charge in [-0.05, 0) is 58.0 Å². The summed E-state index contributed by atoms with van der Waals surface area (Å²) < 4.78 is 10.7. The van der Waals surface area contributed by atoms with Crippen LogP contribution >= 0.6 is 0 Å². The number of hydrogen-bond acceptors (Lipinski definition) is 5. The van der Waals surface area contributed by atoms with Crippen LogP contribution in [0.1, 0.15) is 33.1 Å². The Kier molecular flexibility index (Phi) is 5.61. The molecule has 0 aliphatic carbocycles. The number of carbonyl (C=O) groups is 1. The van der Waals surface area contributed by atoms with E-state index in [1.807, 2.05) is 0 Å². The van der Waals surface area contributed by atoms with Crippen LogP contribution in [0.15, 0.2) is 39.5 Å². The lowest BCUT2D eigenvalue weighted by Gasteiger charge is -2.41. The molecule has 3 rings (SSSR count). The molecule has 2 heterocycles. The number of fused-ring (bicyclic) bond motifs is 1. The summed E-state index contributed by atoms with van der Waals surface area (Å²) in [4.78, 5) is 25.9. The first-order valence-corrected chi connectivity index (χ1v) is 9.12. The summed E-state index contributed by atoms with van der Waals surface area (Å²) >= 11 is 0. The Balaban J connectivity index is 1.51. The highest BCUT2D eigenvalue weighted by Crippen LogP contribution is 2.20. The van der Waals surface area contributed by atoms with Crippen LogP contribution in [0.2, 0.25) is 0 Å². The van der Waals surface area contributed by atoms with Crippen LogP contribution < -0.4 is 15.7 Å². The van der Waals surface area contributed by atoms with Gasteiger partial charge in [-0.25, -0.2) is 4.79 Å². The number of ether oxygens (including phenoxy) is 1. The molecule has 1 aliphatic heterocycles. The molecule has 6 heteroatoms. The number of benzene rings is 1. The first-order chi connectivity index (χ1) is 12.4. The molecule has 26 heavy (non-hydrogen) atoms. The van der Waals surface area contributed by atoms with E-state index < -0.39 is 5.63 Å². The second kappa shape index (κ2) is 7.91. The molecule has 1 aliphatic rings. The molecule has 140 valence electrons. The van der Waals surface area contributed by atoms with Crippen molar-refractivity contribution >= 4 is 16.9 Å². The van der Waals surface area contributed by atoms with E-state index >= 15 is 0 Å². The zero-order valence-electron chi connectivity index (χ0n) is 15.4. The van der Waals surface area contributed by atoms with Crippen LogP contribution in [0.25, 0.3) is 11.0 Å². The van der Waals surface area contributed by atoms with Crippen LogP contribution in [0.3, 0.4) is 0 Å². The average Bonchev–Trinajstić information content (AvgIpc) is 2.65. The van der Waals surface area contributed by atoms with Crippen molar-refractivity contribution in [3.63, 3.8) is 0 Å². The van der Waals surface area contributed by atoms with Crippen molar-refractivity contribution in [1.29, 1.82) is 0 Å². The number of nitrogens with zero attached hydrogens (tertiary/aromatic N) is 1. The predicted molar refractivity (Wildman–Crippen MR) is 100 cm³/mol. The predicted octanol–water partition coefficient (Wildman–Crippen LogP) is 2.55. The maximum Gasteiger partial charge on any atom is 0.336 e. The summed E-state index contributed by atoms with van der Waals surface area (Å²) in [6.45, 7) is 7.00. The van der Waals surface area contributed by atoms with Crippen LogP contribution in [0.4, 0.5) is 0 Å². The monoisotopic (exact) mass is 358 g/mol. The maximum atomic E-state index is 12.1. The van der Waals surface area contributed by atoms with E-state index in [1.54, 1.807) is 24.3 Å². The van der Waals surface area contributed by atoms with E-state index in [9.17, 15) is 9.59 Å². The second-order valence-corrected chi connectivity index (χ2v) is 7.38. The third kappa shape index (κ3) is 4.64. The van der Waals surface area contributed by atoms with Crippen molar-refractivity contribution in [3.05, 3.63) is 40.8 Å². The fourth-order valence-electron chi connectivity index (χ4n) is 3.26. The molecular formula is C20H26N2O4. The molecule has 0 atom stereocenters. The van der Waals surface area contributed by atoms with Gasteiger partial charge >= 0.3 is 5.63 Å². The Morgan fingerprint density at radius 1 is 1.19 bits per heavy atom. The standard InChI is InChI=1S/C20H26N2O4/c1-20(2,22-10-4-3-5-11-22)14-21-18(23)13-25-16-8-6-15-7-9-19(24)26-17(15)12-16/h6-9,12H,3-5,10-11,13-14H2,1-2H3,(H,21,23). The maximum absolute atomic E-state index is 12.1. The molecule has 1 aromatic carbocycles. The number of likely N-dealkylation sites (tertiary alicyclic amines) is 1. The molecule has 0 bridgehead atoms. The summed E-state index contributed by atoms with van der Waals surface area (Å²) in [5, 5.41) is 3.77. The van der Waals surface area contributed by atoms with Gasteiger partial charge < -0.3 is 14.5 Å². The Morgan fingerprint density at radius 2 is 1.92 bits per heavy atom. The number of carbonyl (C=O) groups excluding carboxylic acids is 1. The van der Waals surface area contributed by atoms with E-state index in [4.69, 9.17) is 9.15 Å². The van der Waals surface area contributed by atoms with Gasteiger partial charge in [0, 0.05) is 29.6 Å². The minimum Gasteiger partial charge on any atom is -0.484 e. The zero-order valence-corrected chi connectivity index (χ0v) is 15.4. The first-order valence-electron chi connectivity index (χ1n) is 9.12. The van der Waals surface area contributed by atoms with Crippen molar-refractivity contribution in [2.24, 2.45) is 0 Å². The van der Waals surface area contributed by atoms with Crippen molar-refractivity contribution in [2.45, 2.75) is 38.6 Å². The van der Waals surface area contributed by atoms with Gasteiger partial charge in [-0.3, -0.25) is 9.69 Å². The molecular weight excluding hydrogens is 332 g/mol. The highest BCUT2D eigenvalue weighted by atomic mass is 16.5. The molecule has 1 aromatic heterocycles. The Labute approximate surface area is 153 Å². The second-order valence-electron chi connectivity index (χ2n) is 7.38. The van der Waals surface area contributed by atoms with Gasteiger partial charge in [-0.1, -0.05) is 6.42 Å². The highest BCUT2D eigenvalue weighted by Gasteiger charge is 2.28. The lowest BCUT2D eigenvalue weighted by atomic mass is 9.98. The van der Waals surface area contributed by atoms with Gasteiger partial charge in [-0.2, -0.15) is 0 Å². The van der Waals surface area contributed by atoms with Crippen molar-refractivity contribution in [2.75, 3.05) is 26.2 Å². The fraction of sp³-hybridized carbons (Fsp3) is 0.500. The lowest BCUT2D eigenvalue weighted by molar-refractivity contribution is -0.123. The summed E-state index contributed by atoms with van der Waals surface area (Å²) in [5.74, 6) is 0.335. The Hall–Kier alpha value is -2.34. The smallest absolute Gasteiger partial charge is 0.336 e. The summed E-state index contributed by atoms with van der Waals surface area (Å²) in [6, 6.07) is 8.25. The van der Waals surface area contributed by atoms with Crippen LogP contribution in [-0.4, -0.2) is 42.6 Å². The van der Waals surface area contributed by atoms with Crippen molar-refractivity contribution in [1.82, 2.24) is 10.2 Å². The minimum absolute atomic E-state index is 0.0670. The Morgan fingerprint density at radius 3 is 2.69 bits per heavy atom. The van der Waals surface area contributed by atoms with Gasteiger partial charge in [0.05, 0.1) is 0 Å². The molecule has 0 unspecified atom stereocenters. The average molecular weight is 358 g/mol. The van der Waals surface area contributed by atoms with Gasteiger partial charge in [0.1, 0.15) is 11.3 Å². The SMILES string of the molecule is CC(C)(CNC(=O)COc1ccc2ccc(=O)oc2c1)N1CCCCC1. The number of rotatable bonds is 6. The molecule has 1 N–H and O–H groups in total. The van der Waals surface area contributed by atoms with Crippen LogP contribution in [-0.2, 0) is 4.79 Å². The molecule has 1 saturated heterocycles. The Bertz CT molecular complexity index is 822. The number of hydrogen-bond donors (Lipinski definition) is 1. The minimum atomic E-state index is -0.410. The van der Waals surface area contributed by atoms with Crippen molar-refractivity contribution < 1.29 is 13.9 Å². The van der Waals surface area contributed by atoms with Crippen molar-refractivity contribution in [3.8, 4) is 5.75 Å². The summed E-state index contributed by atoms with van der Waals surface area (Å²) in [6.07, 6.45) is 3.73. The normalized spacial score (nSPS) is 15.8. The molecule has 0 radical (unpaired) electrons. The number of amides is 1. The molecule has 0 saturated carbocycles. The van der Waals surface area contributed by atoms with Gasteiger partial charge in [-0.15, -0.1) is 0 Å². The number of nitrogens with one attached hydrogen (secondary N) is 1. The molecule has 1 amide bonds. The molecule has 6 nitrogen and oxygen atoms in total. The van der Waals surface area contributed by atoms with Gasteiger partial charge in [0.2, 0.25) is 0 Å². The molecule has 2 aromatic rings. The largest absolute Gasteiger partial charge is 0.484 e. The molecule has 1 fully saturated rings. The third-order valence-electron chi connectivity index (χ3n) is 4.89. The summed E-state index contributed by atoms with van der Waals surface area (Å²) in [5.41, 5.74) is -0.0309. The van der Waals surface area contributed by atoms with E-state index in [1.165, 1.54) is 25.3 Å². The number of piperidine rings is 1. The van der Waals surface area contributed by atoms with E-state index in [0.717, 1.165) is 18.5 Å². The van der Waals surface area contributed by atoms with Crippen LogP contribution in [0, 0.1) is 0 Å². The van der Waals surface area contributed by atoms with E-state index in [2.05, 4.69) is 24.1 Å². The topological polar surface area (TPSA) is 71.8 Å². The van der Waals surface area contributed by atoms with Crippen LogP contribution in [0.5, 0.6) is 5.75 Å². The third-order valence-corrected chi connectivity index (χ3v) is 4.89. The highest BCUT2D eigenvalue weighted by molar-refractivity contribution is 5.79. The fourth-order valence-corrected chi connectivity index (χ4v) is 3.26. The zero-order chi connectivity index (χ0) is 18.6. The lowest BCUT2D eigenvalue weighted by Crippen LogP contribution is -2.53. The first kappa shape index (κ1) is 18.5. The summed E-state index contributed by atoms with van der Waals surface area (Å²) in [7, 11) is 0. The van der Waals surface area contributed by atoms with E-state index in [0.29, 0.717) is 17.9 Å². The van der Waals surface area contributed by atoms with Gasteiger partial charge in [0.25, 0.3) is 5.91 Å².